The predicted molar refractivity (Wildman–Crippen MR) is 66.7 cm³/mol. The number of imide groups is 1. The number of imidazole rings is 1. The van der Waals surface area contributed by atoms with Gasteiger partial charge < -0.3 is 4.98 Å². The standard InChI is InChI=1S/C11H9BrN4O2/c12-5-3-7-10(13-4-5)16-9(14-7)6-1-2-8(17)15-11(6)18/h3-4,6H,1-2H2,(H,13,14,16)(H,15,17,18). The highest BCUT2D eigenvalue weighted by Gasteiger charge is 2.30. The Morgan fingerprint density at radius 2 is 2.22 bits per heavy atom. The van der Waals surface area contributed by atoms with E-state index in [1.54, 1.807) is 6.20 Å². The average molecular weight is 309 g/mol. The maximum Gasteiger partial charge on any atom is 0.237 e. The fraction of sp³-hybridized carbons (Fsp3) is 0.273. The zero-order valence-corrected chi connectivity index (χ0v) is 10.8. The molecule has 1 atom stereocenters. The molecular formula is C11H9BrN4O2. The molecule has 1 fully saturated rings. The Balaban J connectivity index is 1.99. The van der Waals surface area contributed by atoms with Gasteiger partial charge >= 0.3 is 0 Å². The Morgan fingerprint density at radius 3 is 3.00 bits per heavy atom. The van der Waals surface area contributed by atoms with E-state index < -0.39 is 5.92 Å². The Kier molecular flexibility index (Phi) is 2.62. The summed E-state index contributed by atoms with van der Waals surface area (Å²) in [4.78, 5) is 34.3. The average Bonchev–Trinajstić information content (AvgIpc) is 2.71. The summed E-state index contributed by atoms with van der Waals surface area (Å²) < 4.78 is 0.841. The van der Waals surface area contributed by atoms with Crippen LogP contribution in [-0.2, 0) is 9.59 Å². The van der Waals surface area contributed by atoms with Crippen LogP contribution in [0.25, 0.3) is 11.2 Å². The number of hydrogen-bond donors (Lipinski definition) is 2. The van der Waals surface area contributed by atoms with E-state index in [-0.39, 0.29) is 11.8 Å². The molecule has 0 saturated carbocycles. The molecule has 1 aliphatic rings. The summed E-state index contributed by atoms with van der Waals surface area (Å²) in [6.07, 6.45) is 2.47. The predicted octanol–water partition coefficient (Wildman–Crippen LogP) is 1.24. The lowest BCUT2D eigenvalue weighted by Crippen LogP contribution is -2.39. The quantitative estimate of drug-likeness (QED) is 0.776. The van der Waals surface area contributed by atoms with Crippen LogP contribution in [-0.4, -0.2) is 26.8 Å². The molecule has 3 rings (SSSR count). The minimum Gasteiger partial charge on any atom is -0.340 e. The van der Waals surface area contributed by atoms with Gasteiger partial charge in [-0.2, -0.15) is 0 Å². The van der Waals surface area contributed by atoms with Crippen molar-refractivity contribution >= 4 is 38.9 Å². The molecule has 1 aliphatic heterocycles. The van der Waals surface area contributed by atoms with Gasteiger partial charge in [0.1, 0.15) is 5.82 Å². The summed E-state index contributed by atoms with van der Waals surface area (Å²) >= 11 is 3.32. The summed E-state index contributed by atoms with van der Waals surface area (Å²) in [5.41, 5.74) is 1.34. The molecule has 2 aromatic heterocycles. The van der Waals surface area contributed by atoms with E-state index in [1.807, 2.05) is 6.07 Å². The smallest absolute Gasteiger partial charge is 0.237 e. The molecule has 0 spiro atoms. The van der Waals surface area contributed by atoms with Crippen LogP contribution in [0.4, 0.5) is 0 Å². The number of piperidine rings is 1. The second kappa shape index (κ2) is 4.16. The number of carbonyl (C=O) groups is 2. The van der Waals surface area contributed by atoms with Gasteiger partial charge in [0.15, 0.2) is 5.65 Å². The van der Waals surface area contributed by atoms with Gasteiger partial charge in [-0.1, -0.05) is 0 Å². The number of hydrogen-bond acceptors (Lipinski definition) is 4. The lowest BCUT2D eigenvalue weighted by Gasteiger charge is -2.18. The number of carbonyl (C=O) groups excluding carboxylic acids is 2. The lowest BCUT2D eigenvalue weighted by atomic mass is 9.98. The number of aromatic nitrogens is 3. The molecule has 18 heavy (non-hydrogen) atoms. The van der Waals surface area contributed by atoms with Crippen LogP contribution in [0.3, 0.4) is 0 Å². The molecule has 1 unspecified atom stereocenters. The number of halogens is 1. The Labute approximate surface area is 110 Å². The van der Waals surface area contributed by atoms with Crippen LogP contribution in [0.5, 0.6) is 0 Å². The minimum atomic E-state index is -0.407. The maximum atomic E-state index is 11.7. The number of nitrogens with zero attached hydrogens (tertiary/aromatic N) is 2. The number of aromatic amines is 1. The summed E-state index contributed by atoms with van der Waals surface area (Å²) in [5.74, 6) is -0.381. The number of fused-ring (bicyclic) bond motifs is 1. The first kappa shape index (κ1) is 11.3. The monoisotopic (exact) mass is 308 g/mol. The fourth-order valence-electron chi connectivity index (χ4n) is 2.01. The van der Waals surface area contributed by atoms with Gasteiger partial charge in [0.05, 0.1) is 11.4 Å². The molecule has 2 aromatic rings. The number of H-pyrrole nitrogens is 1. The Morgan fingerprint density at radius 1 is 1.39 bits per heavy atom. The van der Waals surface area contributed by atoms with Crippen molar-refractivity contribution in [3.63, 3.8) is 0 Å². The summed E-state index contributed by atoms with van der Waals surface area (Å²) in [6.45, 7) is 0. The van der Waals surface area contributed by atoms with Crippen LogP contribution in [0.1, 0.15) is 24.6 Å². The molecule has 2 amide bonds. The van der Waals surface area contributed by atoms with Gasteiger partial charge in [0.2, 0.25) is 11.8 Å². The Hall–Kier alpha value is -1.76. The lowest BCUT2D eigenvalue weighted by molar-refractivity contribution is -0.134. The summed E-state index contributed by atoms with van der Waals surface area (Å²) in [7, 11) is 0. The number of rotatable bonds is 1. The third kappa shape index (κ3) is 1.90. The van der Waals surface area contributed by atoms with Crippen molar-refractivity contribution in [2.24, 2.45) is 0 Å². The van der Waals surface area contributed by atoms with Crippen molar-refractivity contribution in [1.29, 1.82) is 0 Å². The van der Waals surface area contributed by atoms with E-state index in [4.69, 9.17) is 0 Å². The molecule has 0 bridgehead atoms. The van der Waals surface area contributed by atoms with Gasteiger partial charge in [-0.3, -0.25) is 14.9 Å². The van der Waals surface area contributed by atoms with Crippen molar-refractivity contribution in [3.05, 3.63) is 22.6 Å². The number of amides is 2. The van der Waals surface area contributed by atoms with Gasteiger partial charge in [0, 0.05) is 17.1 Å². The second-order valence-corrected chi connectivity index (χ2v) is 5.07. The fourth-order valence-corrected chi connectivity index (χ4v) is 2.34. The molecule has 0 aliphatic carbocycles. The number of nitrogens with one attached hydrogen (secondary N) is 2. The molecule has 7 heteroatoms. The highest BCUT2D eigenvalue weighted by atomic mass is 79.9. The third-order valence-electron chi connectivity index (χ3n) is 2.89. The van der Waals surface area contributed by atoms with Crippen molar-refractivity contribution in [2.45, 2.75) is 18.8 Å². The normalized spacial score (nSPS) is 20.2. The van der Waals surface area contributed by atoms with E-state index in [0.717, 1.165) is 9.99 Å². The first-order valence-corrected chi connectivity index (χ1v) is 6.27. The van der Waals surface area contributed by atoms with Gasteiger partial charge in [-0.15, -0.1) is 0 Å². The highest BCUT2D eigenvalue weighted by Crippen LogP contribution is 2.24. The van der Waals surface area contributed by atoms with Crippen molar-refractivity contribution in [3.8, 4) is 0 Å². The van der Waals surface area contributed by atoms with Crippen molar-refractivity contribution in [1.82, 2.24) is 20.3 Å². The highest BCUT2D eigenvalue weighted by molar-refractivity contribution is 9.10. The zero-order valence-electron chi connectivity index (χ0n) is 9.24. The third-order valence-corrected chi connectivity index (χ3v) is 3.33. The number of pyridine rings is 1. The first-order chi connectivity index (χ1) is 8.63. The van der Waals surface area contributed by atoms with E-state index in [0.29, 0.717) is 24.3 Å². The van der Waals surface area contributed by atoms with Crippen molar-refractivity contribution in [2.75, 3.05) is 0 Å². The van der Waals surface area contributed by atoms with Crippen LogP contribution in [0.2, 0.25) is 0 Å². The van der Waals surface area contributed by atoms with Crippen molar-refractivity contribution < 1.29 is 9.59 Å². The van der Waals surface area contributed by atoms with Crippen LogP contribution >= 0.6 is 15.9 Å². The van der Waals surface area contributed by atoms with Gasteiger partial charge in [0.25, 0.3) is 0 Å². The first-order valence-electron chi connectivity index (χ1n) is 5.48. The molecule has 92 valence electrons. The molecule has 1 saturated heterocycles. The molecule has 0 radical (unpaired) electrons. The van der Waals surface area contributed by atoms with Crippen LogP contribution < -0.4 is 5.32 Å². The second-order valence-electron chi connectivity index (χ2n) is 4.15. The van der Waals surface area contributed by atoms with E-state index in [9.17, 15) is 9.59 Å². The molecule has 3 heterocycles. The van der Waals surface area contributed by atoms with E-state index in [1.165, 1.54) is 0 Å². The largest absolute Gasteiger partial charge is 0.340 e. The van der Waals surface area contributed by atoms with E-state index in [2.05, 4.69) is 36.2 Å². The maximum absolute atomic E-state index is 11.7. The van der Waals surface area contributed by atoms with Crippen LogP contribution in [0, 0.1) is 0 Å². The topological polar surface area (TPSA) is 87.7 Å². The SMILES string of the molecule is O=C1CCC(c2nc3ncc(Br)cc3[nH]2)C(=O)N1. The van der Waals surface area contributed by atoms with Crippen LogP contribution in [0.15, 0.2) is 16.7 Å². The molecular weight excluding hydrogens is 300 g/mol. The zero-order chi connectivity index (χ0) is 12.7. The van der Waals surface area contributed by atoms with E-state index >= 15 is 0 Å². The summed E-state index contributed by atoms with van der Waals surface area (Å²) in [6, 6.07) is 1.85. The molecule has 2 N–H and O–H groups in total. The van der Waals surface area contributed by atoms with Gasteiger partial charge in [-0.25, -0.2) is 9.97 Å². The molecule has 0 aromatic carbocycles. The Bertz CT molecular complexity index is 652. The minimum absolute atomic E-state index is 0.228. The van der Waals surface area contributed by atoms with Gasteiger partial charge in [-0.05, 0) is 28.4 Å². The summed E-state index contributed by atoms with van der Waals surface area (Å²) in [5, 5.41) is 2.32. The molecule has 6 nitrogen and oxygen atoms in total.